The van der Waals surface area contributed by atoms with Crippen LogP contribution in [0.5, 0.6) is 0 Å². The van der Waals surface area contributed by atoms with Crippen LogP contribution in [-0.2, 0) is 9.59 Å². The van der Waals surface area contributed by atoms with Gasteiger partial charge in [-0.3, -0.25) is 9.59 Å². The Balaban J connectivity index is 3.68. The summed E-state index contributed by atoms with van der Waals surface area (Å²) in [4.78, 5) is 20.9. The molecule has 0 radical (unpaired) electrons. The minimum Gasteiger partial charge on any atom is -0.280 e. The molecule has 2 atom stereocenters. The summed E-state index contributed by atoms with van der Waals surface area (Å²) in [6, 6.07) is 0. The Morgan fingerprint density at radius 2 is 1.25 bits per heavy atom. The Hall–Kier alpha value is 0.620. The summed E-state index contributed by atoms with van der Waals surface area (Å²) in [5.74, 6) is 0. The summed E-state index contributed by atoms with van der Waals surface area (Å²) in [5.41, 5.74) is 0. The van der Waals surface area contributed by atoms with E-state index in [1.165, 1.54) is 0 Å². The first-order chi connectivity index (χ1) is 5.45. The number of rotatable bonds is 5. The fourth-order valence-corrected chi connectivity index (χ4v) is 1.06. The van der Waals surface area contributed by atoms with Gasteiger partial charge >= 0.3 is 0 Å². The van der Waals surface area contributed by atoms with E-state index in [0.29, 0.717) is 12.8 Å². The van der Waals surface area contributed by atoms with Crippen LogP contribution in [-0.4, -0.2) is 21.0 Å². The lowest BCUT2D eigenvalue weighted by Gasteiger charge is -2.07. The number of hydrogen-bond donors (Lipinski definition) is 2. The maximum Gasteiger partial charge on any atom is 0.234 e. The van der Waals surface area contributed by atoms with Crippen LogP contribution in [0.4, 0.5) is 0 Å². The molecule has 0 fully saturated rings. The molecule has 0 heterocycles. The number of thiol groups is 2. The molecule has 0 saturated heterocycles. The second kappa shape index (κ2) is 6.13. The smallest absolute Gasteiger partial charge is 0.234 e. The van der Waals surface area contributed by atoms with Gasteiger partial charge in [0, 0.05) is 0 Å². The molecule has 2 nitrogen and oxygen atoms in total. The van der Waals surface area contributed by atoms with E-state index in [-0.39, 0.29) is 0 Å². The molecule has 70 valence electrons. The molecule has 0 rings (SSSR count). The van der Waals surface area contributed by atoms with E-state index < -0.39 is 21.0 Å². The van der Waals surface area contributed by atoms with Gasteiger partial charge in [0.05, 0.1) is 10.5 Å². The fraction of sp³-hybridized carbons (Fsp3) is 0.667. The number of halogens is 2. The van der Waals surface area contributed by atoms with Crippen molar-refractivity contribution < 1.29 is 9.59 Å². The Labute approximate surface area is 91.8 Å². The monoisotopic (exact) mass is 246 g/mol. The van der Waals surface area contributed by atoms with Gasteiger partial charge in [-0.1, -0.05) is 0 Å². The first-order valence-corrected chi connectivity index (χ1v) is 4.99. The van der Waals surface area contributed by atoms with E-state index in [2.05, 4.69) is 25.3 Å². The third-order valence-corrected chi connectivity index (χ3v) is 3.05. The van der Waals surface area contributed by atoms with Crippen molar-refractivity contribution in [1.82, 2.24) is 0 Å². The number of carbonyl (C=O) groups is 2. The van der Waals surface area contributed by atoms with Crippen molar-refractivity contribution in [3.8, 4) is 0 Å². The lowest BCUT2D eigenvalue weighted by molar-refractivity contribution is -0.112. The van der Waals surface area contributed by atoms with Gasteiger partial charge in [-0.05, 0) is 36.0 Å². The molecule has 0 saturated carbocycles. The molecule has 0 spiro atoms. The highest BCUT2D eigenvalue weighted by Crippen LogP contribution is 2.14. The highest BCUT2D eigenvalue weighted by atomic mass is 35.5. The second-order valence-corrected chi connectivity index (χ2v) is 4.21. The summed E-state index contributed by atoms with van der Waals surface area (Å²) in [5, 5.41) is -2.14. The van der Waals surface area contributed by atoms with E-state index in [1.54, 1.807) is 0 Å². The van der Waals surface area contributed by atoms with Gasteiger partial charge in [0.2, 0.25) is 10.5 Å². The molecule has 2 unspecified atom stereocenters. The molecule has 0 aromatic carbocycles. The normalized spacial score (nSPS) is 15.3. The van der Waals surface area contributed by atoms with Crippen molar-refractivity contribution >= 4 is 58.9 Å². The maximum atomic E-state index is 10.5. The largest absolute Gasteiger partial charge is 0.280 e. The van der Waals surface area contributed by atoms with Crippen molar-refractivity contribution in [2.45, 2.75) is 23.3 Å². The molecule has 0 bridgehead atoms. The van der Waals surface area contributed by atoms with E-state index in [1.807, 2.05) is 0 Å². The molecule has 12 heavy (non-hydrogen) atoms. The van der Waals surface area contributed by atoms with Gasteiger partial charge < -0.3 is 0 Å². The van der Waals surface area contributed by atoms with Crippen LogP contribution in [0, 0.1) is 0 Å². The molecule has 0 aromatic heterocycles. The van der Waals surface area contributed by atoms with Crippen LogP contribution in [0.15, 0.2) is 0 Å². The van der Waals surface area contributed by atoms with Crippen LogP contribution < -0.4 is 0 Å². The summed E-state index contributed by atoms with van der Waals surface area (Å²) in [6.07, 6.45) is 0.802. The average Bonchev–Trinajstić information content (AvgIpc) is 1.98. The fourth-order valence-electron chi connectivity index (χ4n) is 0.543. The zero-order valence-electron chi connectivity index (χ0n) is 6.04. The van der Waals surface area contributed by atoms with Gasteiger partial charge in [-0.15, -0.1) is 0 Å². The molecular formula is C6H8Cl2O2S2. The third kappa shape index (κ3) is 5.30. The molecule has 6 heteroatoms. The van der Waals surface area contributed by atoms with Gasteiger partial charge in [-0.25, -0.2) is 0 Å². The number of hydrogen-bond acceptors (Lipinski definition) is 4. The van der Waals surface area contributed by atoms with E-state index >= 15 is 0 Å². The second-order valence-electron chi connectivity index (χ2n) is 2.22. The Kier molecular flexibility index (Phi) is 6.45. The Bertz CT molecular complexity index is 166. The highest BCUT2D eigenvalue weighted by Gasteiger charge is 2.16. The zero-order chi connectivity index (χ0) is 9.72. The van der Waals surface area contributed by atoms with Crippen molar-refractivity contribution in [3.63, 3.8) is 0 Å². The first kappa shape index (κ1) is 12.6. The summed E-state index contributed by atoms with van der Waals surface area (Å²) >= 11 is 18.1. The lowest BCUT2D eigenvalue weighted by atomic mass is 10.2. The van der Waals surface area contributed by atoms with Crippen LogP contribution in [0.25, 0.3) is 0 Å². The maximum absolute atomic E-state index is 10.5. The van der Waals surface area contributed by atoms with Crippen LogP contribution in [0.3, 0.4) is 0 Å². The standard InChI is InChI=1S/C6H8Cl2O2S2/c7-5(9)3(11)1-2-4(12)6(8)10/h3-4,11-12H,1-2H2. The average molecular weight is 247 g/mol. The quantitative estimate of drug-likeness (QED) is 0.574. The molecule has 0 aliphatic carbocycles. The van der Waals surface area contributed by atoms with Crippen LogP contribution in [0.2, 0.25) is 0 Å². The van der Waals surface area contributed by atoms with E-state index in [9.17, 15) is 9.59 Å². The number of carbonyl (C=O) groups excluding carboxylic acids is 2. The van der Waals surface area contributed by atoms with Crippen molar-refractivity contribution in [1.29, 1.82) is 0 Å². The van der Waals surface area contributed by atoms with Gasteiger partial charge in [0.15, 0.2) is 0 Å². The first-order valence-electron chi connectivity index (χ1n) is 3.20. The molecular weight excluding hydrogens is 239 g/mol. The predicted octanol–water partition coefficient (Wildman–Crippen LogP) is 1.89. The Morgan fingerprint density at radius 1 is 1.00 bits per heavy atom. The van der Waals surface area contributed by atoms with Crippen LogP contribution >= 0.6 is 48.5 Å². The molecule has 0 amide bonds. The Morgan fingerprint density at radius 3 is 1.42 bits per heavy atom. The topological polar surface area (TPSA) is 34.1 Å². The summed E-state index contributed by atoms with van der Waals surface area (Å²) in [7, 11) is 0. The zero-order valence-corrected chi connectivity index (χ0v) is 9.34. The molecule has 0 aliphatic rings. The summed E-state index contributed by atoms with van der Waals surface area (Å²) in [6.45, 7) is 0. The van der Waals surface area contributed by atoms with E-state index in [4.69, 9.17) is 23.2 Å². The molecule has 0 aliphatic heterocycles. The van der Waals surface area contributed by atoms with Crippen molar-refractivity contribution in [2.24, 2.45) is 0 Å². The molecule has 0 N–H and O–H groups in total. The van der Waals surface area contributed by atoms with Gasteiger partial charge in [0.25, 0.3) is 0 Å². The minimum atomic E-state index is -0.544. The lowest BCUT2D eigenvalue weighted by Crippen LogP contribution is -2.14. The third-order valence-electron chi connectivity index (χ3n) is 1.24. The SMILES string of the molecule is O=C(Cl)C(S)CCC(S)C(=O)Cl. The van der Waals surface area contributed by atoms with Crippen molar-refractivity contribution in [3.05, 3.63) is 0 Å². The van der Waals surface area contributed by atoms with E-state index in [0.717, 1.165) is 0 Å². The minimum absolute atomic E-state index is 0.401. The predicted molar refractivity (Wildman–Crippen MR) is 56.5 cm³/mol. The van der Waals surface area contributed by atoms with Gasteiger partial charge in [0.1, 0.15) is 0 Å². The van der Waals surface area contributed by atoms with Crippen molar-refractivity contribution in [2.75, 3.05) is 0 Å². The molecule has 0 aromatic rings. The van der Waals surface area contributed by atoms with Crippen LogP contribution in [0.1, 0.15) is 12.8 Å². The highest BCUT2D eigenvalue weighted by molar-refractivity contribution is 7.82. The summed E-state index contributed by atoms with van der Waals surface area (Å²) < 4.78 is 0. The van der Waals surface area contributed by atoms with Gasteiger partial charge in [-0.2, -0.15) is 25.3 Å².